The number of hydrogen-bond donors (Lipinski definition) is 2. The van der Waals surface area contributed by atoms with Crippen LogP contribution in [0.3, 0.4) is 0 Å². The second kappa shape index (κ2) is 12.2. The molecule has 0 radical (unpaired) electrons. The molecule has 0 heterocycles. The highest BCUT2D eigenvalue weighted by molar-refractivity contribution is 5.90. The third-order valence-electron chi connectivity index (χ3n) is 4.51. The molecule has 10 nitrogen and oxygen atoms in total. The molecule has 0 saturated heterocycles. The van der Waals surface area contributed by atoms with Crippen LogP contribution >= 0.6 is 0 Å². The number of rotatable bonds is 10. The van der Waals surface area contributed by atoms with Crippen molar-refractivity contribution in [2.24, 2.45) is 0 Å². The van der Waals surface area contributed by atoms with Gasteiger partial charge < -0.3 is 29.2 Å². The summed E-state index contributed by atoms with van der Waals surface area (Å²) in [4.78, 5) is 48.1. The Balaban J connectivity index is 2.25. The first kappa shape index (κ1) is 27.6. The standard InChI is InChI=1S/C26H26O10/c1-6-23(29)33-21-13-20(36-26(32)15(4)5)16(11-18(21)28)7-10-24(30)34-22-12-17(27)8-9-19(22)35-25(31)14(2)3/h8-9,11-13,27-28H,2,4,6-7,10H2,1,3,5H3. The Morgan fingerprint density at radius 3 is 1.92 bits per heavy atom. The number of carbonyl (C=O) groups is 4. The van der Waals surface area contributed by atoms with Crippen molar-refractivity contribution in [3.8, 4) is 34.5 Å². The van der Waals surface area contributed by atoms with Gasteiger partial charge in [-0.1, -0.05) is 20.1 Å². The van der Waals surface area contributed by atoms with E-state index in [1.807, 2.05) is 0 Å². The van der Waals surface area contributed by atoms with Crippen molar-refractivity contribution < 1.29 is 48.3 Å². The van der Waals surface area contributed by atoms with Gasteiger partial charge in [-0.3, -0.25) is 9.59 Å². The number of aromatic hydroxyl groups is 2. The Kier molecular flexibility index (Phi) is 9.37. The minimum atomic E-state index is -0.786. The fraction of sp³-hybridized carbons (Fsp3) is 0.231. The Labute approximate surface area is 207 Å². The topological polar surface area (TPSA) is 146 Å². The van der Waals surface area contributed by atoms with Gasteiger partial charge in [-0.15, -0.1) is 0 Å². The molecule has 0 atom stereocenters. The van der Waals surface area contributed by atoms with Gasteiger partial charge in [0.15, 0.2) is 23.0 Å². The van der Waals surface area contributed by atoms with Crippen LogP contribution in [0.15, 0.2) is 54.6 Å². The van der Waals surface area contributed by atoms with Gasteiger partial charge in [-0.2, -0.15) is 0 Å². The lowest BCUT2D eigenvalue weighted by Crippen LogP contribution is -2.14. The van der Waals surface area contributed by atoms with Gasteiger partial charge in [0.2, 0.25) is 0 Å². The average Bonchev–Trinajstić information content (AvgIpc) is 2.81. The Morgan fingerprint density at radius 1 is 0.750 bits per heavy atom. The largest absolute Gasteiger partial charge is 0.508 e. The summed E-state index contributed by atoms with van der Waals surface area (Å²) in [7, 11) is 0. The predicted molar refractivity (Wildman–Crippen MR) is 127 cm³/mol. The highest BCUT2D eigenvalue weighted by atomic mass is 16.6. The molecule has 10 heteroatoms. The molecular weight excluding hydrogens is 472 g/mol. The number of carbonyl (C=O) groups excluding carboxylic acids is 4. The zero-order valence-electron chi connectivity index (χ0n) is 20.1. The number of hydrogen-bond acceptors (Lipinski definition) is 10. The molecule has 2 N–H and O–H groups in total. The molecule has 0 aliphatic heterocycles. The molecule has 36 heavy (non-hydrogen) atoms. The fourth-order valence-electron chi connectivity index (χ4n) is 2.61. The van der Waals surface area contributed by atoms with Crippen molar-refractivity contribution in [2.45, 2.75) is 40.0 Å². The van der Waals surface area contributed by atoms with E-state index in [2.05, 4.69) is 13.2 Å². The lowest BCUT2D eigenvalue weighted by atomic mass is 10.1. The number of phenolic OH excluding ortho intramolecular Hbond substituents is 2. The molecule has 0 aromatic heterocycles. The summed E-state index contributed by atoms with van der Waals surface area (Å²) in [5, 5.41) is 20.0. The first-order valence-corrected chi connectivity index (χ1v) is 10.8. The van der Waals surface area contributed by atoms with Crippen molar-refractivity contribution in [1.82, 2.24) is 0 Å². The van der Waals surface area contributed by atoms with E-state index in [0.717, 1.165) is 12.1 Å². The van der Waals surface area contributed by atoms with Crippen LogP contribution in [0.5, 0.6) is 34.5 Å². The van der Waals surface area contributed by atoms with E-state index in [4.69, 9.17) is 18.9 Å². The second-order valence-electron chi connectivity index (χ2n) is 7.70. The zero-order chi connectivity index (χ0) is 27.0. The van der Waals surface area contributed by atoms with E-state index < -0.39 is 29.6 Å². The van der Waals surface area contributed by atoms with Crippen LogP contribution in [0.2, 0.25) is 0 Å². The molecule has 0 saturated carbocycles. The summed E-state index contributed by atoms with van der Waals surface area (Å²) in [5.74, 6) is -4.14. The zero-order valence-corrected chi connectivity index (χ0v) is 20.1. The molecule has 0 unspecified atom stereocenters. The van der Waals surface area contributed by atoms with Crippen LogP contribution in [0.25, 0.3) is 0 Å². The van der Waals surface area contributed by atoms with Crippen molar-refractivity contribution in [3.05, 3.63) is 60.2 Å². The SMILES string of the molecule is C=C(C)C(=O)Oc1cc(OC(=O)CC)c(O)cc1CCC(=O)Oc1cc(O)ccc1OC(=O)C(=C)C. The molecule has 2 aromatic rings. The molecule has 0 aliphatic carbocycles. The Hall–Kier alpha value is -4.60. The summed E-state index contributed by atoms with van der Waals surface area (Å²) in [5.41, 5.74) is 0.450. The number of esters is 4. The molecule has 0 aliphatic rings. The predicted octanol–water partition coefficient (Wildman–Crippen LogP) is 3.91. The third kappa shape index (κ3) is 7.73. The van der Waals surface area contributed by atoms with E-state index in [9.17, 15) is 29.4 Å². The highest BCUT2D eigenvalue weighted by Crippen LogP contribution is 2.36. The summed E-state index contributed by atoms with van der Waals surface area (Å²) < 4.78 is 20.7. The maximum absolute atomic E-state index is 12.5. The molecular formula is C26H26O10. The highest BCUT2D eigenvalue weighted by Gasteiger charge is 2.20. The van der Waals surface area contributed by atoms with Gasteiger partial charge >= 0.3 is 23.9 Å². The fourth-order valence-corrected chi connectivity index (χ4v) is 2.61. The second-order valence-corrected chi connectivity index (χ2v) is 7.70. The van der Waals surface area contributed by atoms with Gasteiger partial charge in [0.05, 0.1) is 6.42 Å². The van der Waals surface area contributed by atoms with Gasteiger partial charge in [-0.25, -0.2) is 9.59 Å². The molecule has 0 fully saturated rings. The van der Waals surface area contributed by atoms with Crippen LogP contribution in [0.1, 0.15) is 39.2 Å². The molecule has 2 rings (SSSR count). The molecule has 0 bridgehead atoms. The molecule has 0 spiro atoms. The minimum absolute atomic E-state index is 0.0482. The van der Waals surface area contributed by atoms with Gasteiger partial charge in [-0.05, 0) is 44.0 Å². The van der Waals surface area contributed by atoms with Crippen LogP contribution in [-0.2, 0) is 25.6 Å². The maximum Gasteiger partial charge on any atom is 0.338 e. The molecule has 190 valence electrons. The first-order valence-electron chi connectivity index (χ1n) is 10.8. The normalized spacial score (nSPS) is 10.2. The lowest BCUT2D eigenvalue weighted by molar-refractivity contribution is -0.135. The molecule has 0 amide bonds. The first-order chi connectivity index (χ1) is 16.9. The van der Waals surface area contributed by atoms with Crippen molar-refractivity contribution in [3.63, 3.8) is 0 Å². The number of benzene rings is 2. The van der Waals surface area contributed by atoms with Crippen LogP contribution in [0.4, 0.5) is 0 Å². The van der Waals surface area contributed by atoms with Gasteiger partial charge in [0.25, 0.3) is 0 Å². The van der Waals surface area contributed by atoms with Crippen LogP contribution < -0.4 is 18.9 Å². The van der Waals surface area contributed by atoms with E-state index in [1.54, 1.807) is 6.92 Å². The summed E-state index contributed by atoms with van der Waals surface area (Å²) >= 11 is 0. The summed E-state index contributed by atoms with van der Waals surface area (Å²) in [6, 6.07) is 5.95. The summed E-state index contributed by atoms with van der Waals surface area (Å²) in [6.07, 6.45) is -0.284. The van der Waals surface area contributed by atoms with Crippen molar-refractivity contribution >= 4 is 23.9 Å². The average molecular weight is 498 g/mol. The van der Waals surface area contributed by atoms with Crippen LogP contribution in [0, 0.1) is 0 Å². The minimum Gasteiger partial charge on any atom is -0.508 e. The monoisotopic (exact) mass is 498 g/mol. The van der Waals surface area contributed by atoms with Gasteiger partial charge in [0.1, 0.15) is 11.5 Å². The Bertz CT molecular complexity index is 1230. The number of phenols is 2. The van der Waals surface area contributed by atoms with E-state index in [-0.39, 0.29) is 64.7 Å². The maximum atomic E-state index is 12.5. The molecule has 2 aromatic carbocycles. The quantitative estimate of drug-likeness (QED) is 0.281. The van der Waals surface area contributed by atoms with Crippen LogP contribution in [-0.4, -0.2) is 34.1 Å². The number of aryl methyl sites for hydroxylation is 1. The third-order valence-corrected chi connectivity index (χ3v) is 4.51. The summed E-state index contributed by atoms with van der Waals surface area (Å²) in [6.45, 7) is 11.4. The van der Waals surface area contributed by atoms with E-state index in [0.29, 0.717) is 0 Å². The van der Waals surface area contributed by atoms with E-state index >= 15 is 0 Å². The number of ether oxygens (including phenoxy) is 4. The van der Waals surface area contributed by atoms with Crippen molar-refractivity contribution in [1.29, 1.82) is 0 Å². The Morgan fingerprint density at radius 2 is 1.33 bits per heavy atom. The van der Waals surface area contributed by atoms with E-state index in [1.165, 1.54) is 32.0 Å². The van der Waals surface area contributed by atoms with Crippen molar-refractivity contribution in [2.75, 3.05) is 0 Å². The van der Waals surface area contributed by atoms with Gasteiger partial charge in [0, 0.05) is 29.7 Å². The lowest BCUT2D eigenvalue weighted by Gasteiger charge is -2.14. The smallest absolute Gasteiger partial charge is 0.338 e.